The number of furan rings is 1. The van der Waals surface area contributed by atoms with Crippen molar-refractivity contribution in [2.45, 2.75) is 13.0 Å². The molecule has 10 nitrogen and oxygen atoms in total. The number of nitrogens with one attached hydrogen (secondary N) is 2. The largest absolute Gasteiger partial charge is 0.478 e. The molecule has 0 spiro atoms. The molecule has 0 saturated carbocycles. The van der Waals surface area contributed by atoms with Crippen molar-refractivity contribution in [1.29, 1.82) is 0 Å². The molecule has 0 bridgehead atoms. The maximum atomic E-state index is 5.42. The summed E-state index contributed by atoms with van der Waals surface area (Å²) in [6.07, 6.45) is 5.94. The number of fused-ring (bicyclic) bond motifs is 1. The number of H-pyrrole nitrogens is 1. The van der Waals surface area contributed by atoms with Crippen molar-refractivity contribution in [3.8, 4) is 17.5 Å². The Labute approximate surface area is 154 Å². The number of methoxy groups -OCH3 is 2. The van der Waals surface area contributed by atoms with Crippen LogP contribution < -0.4 is 10.1 Å². The first-order valence-corrected chi connectivity index (χ1v) is 8.41. The summed E-state index contributed by atoms with van der Waals surface area (Å²) in [5.74, 6) is 2.06. The van der Waals surface area contributed by atoms with Crippen LogP contribution in [0.15, 0.2) is 35.2 Å². The summed E-state index contributed by atoms with van der Waals surface area (Å²) in [4.78, 5) is 9.04. The maximum absolute atomic E-state index is 5.42. The van der Waals surface area contributed by atoms with Gasteiger partial charge in [-0.1, -0.05) is 0 Å². The van der Waals surface area contributed by atoms with Crippen molar-refractivity contribution < 1.29 is 13.9 Å². The van der Waals surface area contributed by atoms with Crippen molar-refractivity contribution in [1.82, 2.24) is 29.9 Å². The Balaban J connectivity index is 1.68. The highest BCUT2D eigenvalue weighted by molar-refractivity contribution is 5.88. The number of rotatable bonds is 8. The van der Waals surface area contributed by atoms with Gasteiger partial charge in [-0.3, -0.25) is 9.78 Å². The molecule has 4 heterocycles. The van der Waals surface area contributed by atoms with Gasteiger partial charge in [-0.05, 0) is 18.6 Å². The van der Waals surface area contributed by atoms with E-state index in [0.29, 0.717) is 53.2 Å². The minimum Gasteiger partial charge on any atom is -0.478 e. The molecule has 0 atom stereocenters. The zero-order chi connectivity index (χ0) is 18.6. The lowest BCUT2D eigenvalue weighted by molar-refractivity contribution is 0.188. The number of hydrogen-bond acceptors (Lipinski definition) is 8. The van der Waals surface area contributed by atoms with Gasteiger partial charge in [-0.15, -0.1) is 5.10 Å². The van der Waals surface area contributed by atoms with Gasteiger partial charge >= 0.3 is 0 Å². The van der Waals surface area contributed by atoms with Crippen molar-refractivity contribution in [2.75, 3.05) is 26.1 Å². The molecule has 4 rings (SSSR count). The molecule has 10 heteroatoms. The summed E-state index contributed by atoms with van der Waals surface area (Å²) >= 11 is 0. The lowest BCUT2D eigenvalue weighted by Crippen LogP contribution is -2.02. The fourth-order valence-corrected chi connectivity index (χ4v) is 2.70. The highest BCUT2D eigenvalue weighted by Gasteiger charge is 2.16. The Morgan fingerprint density at radius 3 is 3.00 bits per heavy atom. The third-order valence-corrected chi connectivity index (χ3v) is 3.95. The second-order valence-corrected chi connectivity index (χ2v) is 5.79. The van der Waals surface area contributed by atoms with Crippen molar-refractivity contribution in [3.05, 3.63) is 30.8 Å². The Kier molecular flexibility index (Phi) is 4.71. The van der Waals surface area contributed by atoms with Crippen LogP contribution in [0.5, 0.6) is 5.88 Å². The van der Waals surface area contributed by atoms with Gasteiger partial charge in [0.25, 0.3) is 5.88 Å². The van der Waals surface area contributed by atoms with Crippen molar-refractivity contribution >= 4 is 22.5 Å². The summed E-state index contributed by atoms with van der Waals surface area (Å²) in [6.45, 7) is 1.38. The predicted octanol–water partition coefficient (Wildman–Crippen LogP) is 2.60. The van der Waals surface area contributed by atoms with E-state index >= 15 is 0 Å². The molecule has 0 aromatic carbocycles. The van der Waals surface area contributed by atoms with Crippen molar-refractivity contribution in [2.24, 2.45) is 0 Å². The SMILES string of the molecule is COCCCn1cc(Nc2nc(-c3ccco3)nc3cn[nH]c23)c(OC)n1. The first kappa shape index (κ1) is 17.0. The summed E-state index contributed by atoms with van der Waals surface area (Å²) in [6, 6.07) is 3.60. The van der Waals surface area contributed by atoms with Gasteiger partial charge in [-0.25, -0.2) is 9.97 Å². The van der Waals surface area contributed by atoms with Gasteiger partial charge in [0.1, 0.15) is 16.7 Å². The lowest BCUT2D eigenvalue weighted by atomic mass is 10.3. The van der Waals surface area contributed by atoms with E-state index in [2.05, 4.69) is 30.6 Å². The van der Waals surface area contributed by atoms with E-state index in [4.69, 9.17) is 13.9 Å². The van der Waals surface area contributed by atoms with Gasteiger partial charge in [0.15, 0.2) is 17.4 Å². The summed E-state index contributed by atoms with van der Waals surface area (Å²) < 4.78 is 17.7. The molecule has 2 N–H and O–H groups in total. The van der Waals surface area contributed by atoms with E-state index in [1.54, 1.807) is 43.5 Å². The fraction of sp³-hybridized carbons (Fsp3) is 0.294. The molecule has 0 amide bonds. The van der Waals surface area contributed by atoms with E-state index in [9.17, 15) is 0 Å². The molecule has 0 aliphatic rings. The van der Waals surface area contributed by atoms with Crippen LogP contribution in [0.3, 0.4) is 0 Å². The molecule has 27 heavy (non-hydrogen) atoms. The lowest BCUT2D eigenvalue weighted by Gasteiger charge is -2.07. The number of hydrogen-bond donors (Lipinski definition) is 2. The first-order valence-electron chi connectivity index (χ1n) is 8.41. The zero-order valence-electron chi connectivity index (χ0n) is 15.0. The fourth-order valence-electron chi connectivity index (χ4n) is 2.70. The normalized spacial score (nSPS) is 11.2. The number of anilines is 2. The average molecular weight is 369 g/mol. The Morgan fingerprint density at radius 2 is 2.22 bits per heavy atom. The quantitative estimate of drug-likeness (QED) is 0.455. The summed E-state index contributed by atoms with van der Waals surface area (Å²) in [7, 11) is 3.26. The van der Waals surface area contributed by atoms with Gasteiger partial charge in [0, 0.05) is 20.3 Å². The molecule has 0 saturated heterocycles. The predicted molar refractivity (Wildman–Crippen MR) is 97.9 cm³/mol. The van der Waals surface area contributed by atoms with Crippen LogP contribution in [0.2, 0.25) is 0 Å². The smallest absolute Gasteiger partial charge is 0.256 e. The zero-order valence-corrected chi connectivity index (χ0v) is 15.0. The van der Waals surface area contributed by atoms with Crippen LogP contribution >= 0.6 is 0 Å². The second kappa shape index (κ2) is 7.46. The van der Waals surface area contributed by atoms with Gasteiger partial charge in [0.05, 0.1) is 25.8 Å². The Morgan fingerprint density at radius 1 is 1.30 bits per heavy atom. The van der Waals surface area contributed by atoms with Crippen LogP contribution in [-0.2, 0) is 11.3 Å². The molecular formula is C17H19N7O3. The van der Waals surface area contributed by atoms with Crippen LogP contribution in [0.4, 0.5) is 11.5 Å². The molecule has 0 aliphatic carbocycles. The third-order valence-electron chi connectivity index (χ3n) is 3.95. The molecule has 0 aliphatic heterocycles. The van der Waals surface area contributed by atoms with Gasteiger partial charge in [0.2, 0.25) is 0 Å². The first-order chi connectivity index (χ1) is 13.3. The monoisotopic (exact) mass is 369 g/mol. The highest BCUT2D eigenvalue weighted by Crippen LogP contribution is 2.30. The summed E-state index contributed by atoms with van der Waals surface area (Å²) in [5.41, 5.74) is 2.04. The van der Waals surface area contributed by atoms with Crippen LogP contribution in [0.25, 0.3) is 22.6 Å². The minimum atomic E-state index is 0.461. The van der Waals surface area contributed by atoms with E-state index in [-0.39, 0.29) is 0 Å². The summed E-state index contributed by atoms with van der Waals surface area (Å²) in [5, 5.41) is 14.7. The molecule has 4 aromatic rings. The van der Waals surface area contributed by atoms with Crippen LogP contribution in [-0.4, -0.2) is 50.8 Å². The molecule has 0 unspecified atom stereocenters. The van der Waals surface area contributed by atoms with Crippen molar-refractivity contribution in [3.63, 3.8) is 0 Å². The number of ether oxygens (including phenoxy) is 2. The Bertz CT molecular complexity index is 1020. The number of aryl methyl sites for hydroxylation is 1. The Hall–Kier alpha value is -3.40. The van der Waals surface area contributed by atoms with E-state index in [1.165, 1.54) is 0 Å². The van der Waals surface area contributed by atoms with Crippen LogP contribution in [0, 0.1) is 0 Å². The topological polar surface area (TPSA) is 116 Å². The van der Waals surface area contributed by atoms with Crippen LogP contribution in [0.1, 0.15) is 6.42 Å². The molecule has 140 valence electrons. The molecular weight excluding hydrogens is 350 g/mol. The molecule has 0 fully saturated rings. The standard InChI is InChI=1S/C17H19N7O3/c1-25-7-4-6-24-10-12(17(23-24)26-2)20-16-14-11(9-18-22-14)19-15(21-16)13-5-3-8-27-13/h3,5,8-10H,4,6-7H2,1-2H3,(H,18,22)(H,19,20,21). The number of aromatic nitrogens is 6. The second-order valence-electron chi connectivity index (χ2n) is 5.79. The molecule has 0 radical (unpaired) electrons. The van der Waals surface area contributed by atoms with E-state index in [1.807, 2.05) is 6.20 Å². The number of nitrogens with zero attached hydrogens (tertiary/aromatic N) is 5. The minimum absolute atomic E-state index is 0.461. The van der Waals surface area contributed by atoms with E-state index in [0.717, 1.165) is 6.42 Å². The number of aromatic amines is 1. The molecule has 4 aromatic heterocycles. The van der Waals surface area contributed by atoms with Gasteiger partial charge in [-0.2, -0.15) is 5.10 Å². The van der Waals surface area contributed by atoms with E-state index < -0.39 is 0 Å². The third kappa shape index (κ3) is 3.47. The average Bonchev–Trinajstić information content (AvgIpc) is 3.42. The van der Waals surface area contributed by atoms with Gasteiger partial charge < -0.3 is 19.2 Å². The maximum Gasteiger partial charge on any atom is 0.256 e. The highest BCUT2D eigenvalue weighted by atomic mass is 16.5.